The molecule has 25 heavy (non-hydrogen) atoms. The summed E-state index contributed by atoms with van der Waals surface area (Å²) >= 11 is 0. The molecule has 1 aromatic carbocycles. The van der Waals surface area contributed by atoms with E-state index in [9.17, 15) is 0 Å². The zero-order chi connectivity index (χ0) is 17.3. The van der Waals surface area contributed by atoms with Crippen molar-refractivity contribution in [3.8, 4) is 5.75 Å². The second kappa shape index (κ2) is 9.63. The van der Waals surface area contributed by atoms with Gasteiger partial charge in [0.1, 0.15) is 5.75 Å². The highest BCUT2D eigenvalue weighted by Gasteiger charge is 2.20. The molecule has 0 radical (unpaired) electrons. The maximum Gasteiger partial charge on any atom is 0.188 e. The molecular formula is C19H30N4O2. The molecule has 138 valence electrons. The van der Waals surface area contributed by atoms with E-state index in [1.165, 1.54) is 6.42 Å². The molecule has 0 bridgehead atoms. The van der Waals surface area contributed by atoms with Crippen molar-refractivity contribution in [1.82, 2.24) is 10.2 Å². The molecule has 0 spiro atoms. The Morgan fingerprint density at radius 3 is 2.84 bits per heavy atom. The van der Waals surface area contributed by atoms with Crippen molar-refractivity contribution >= 4 is 5.96 Å². The smallest absolute Gasteiger partial charge is 0.188 e. The van der Waals surface area contributed by atoms with Crippen LogP contribution in [0.2, 0.25) is 0 Å². The predicted molar refractivity (Wildman–Crippen MR) is 99.9 cm³/mol. The summed E-state index contributed by atoms with van der Waals surface area (Å²) in [5, 5.41) is 3.20. The van der Waals surface area contributed by atoms with Crippen LogP contribution in [0, 0.1) is 0 Å². The molecular weight excluding hydrogens is 316 g/mol. The Kier molecular flexibility index (Phi) is 6.94. The largest absolute Gasteiger partial charge is 0.490 e. The Morgan fingerprint density at radius 1 is 1.28 bits per heavy atom. The summed E-state index contributed by atoms with van der Waals surface area (Å²) in [6.07, 6.45) is 5.01. The molecule has 6 heteroatoms. The fourth-order valence-corrected chi connectivity index (χ4v) is 2.99. The number of morpholine rings is 1. The van der Waals surface area contributed by atoms with Crippen LogP contribution in [0.5, 0.6) is 5.75 Å². The zero-order valence-electron chi connectivity index (χ0n) is 15.0. The third-order valence-electron chi connectivity index (χ3n) is 4.80. The predicted octanol–water partition coefficient (Wildman–Crippen LogP) is 1.74. The molecule has 1 heterocycles. The van der Waals surface area contributed by atoms with Crippen LogP contribution in [-0.4, -0.2) is 56.4 Å². The van der Waals surface area contributed by atoms with Crippen LogP contribution in [0.3, 0.4) is 0 Å². The third-order valence-corrected chi connectivity index (χ3v) is 4.80. The summed E-state index contributed by atoms with van der Waals surface area (Å²) in [5.74, 6) is 1.44. The Morgan fingerprint density at radius 2 is 2.08 bits per heavy atom. The molecule has 0 unspecified atom stereocenters. The monoisotopic (exact) mass is 346 g/mol. The van der Waals surface area contributed by atoms with Gasteiger partial charge in [0.25, 0.3) is 0 Å². The normalized spacial score (nSPS) is 19.4. The molecule has 1 aliphatic carbocycles. The Hall–Kier alpha value is -1.79. The molecule has 1 aromatic rings. The summed E-state index contributed by atoms with van der Waals surface area (Å²) < 4.78 is 11.4. The number of nitrogens with zero attached hydrogens (tertiary/aromatic N) is 2. The first-order chi connectivity index (χ1) is 12.3. The van der Waals surface area contributed by atoms with E-state index in [0.29, 0.717) is 18.6 Å². The number of hydrogen-bond acceptors (Lipinski definition) is 4. The SMILES string of the molecule is NC(=NCc1ccccc1OC1CCC1)NCCCN1CCOCC1. The van der Waals surface area contributed by atoms with Crippen molar-refractivity contribution in [3.05, 3.63) is 29.8 Å². The van der Waals surface area contributed by atoms with E-state index < -0.39 is 0 Å². The lowest BCUT2D eigenvalue weighted by molar-refractivity contribution is 0.0376. The lowest BCUT2D eigenvalue weighted by Gasteiger charge is -2.27. The van der Waals surface area contributed by atoms with Crippen LogP contribution in [-0.2, 0) is 11.3 Å². The van der Waals surface area contributed by atoms with E-state index in [1.54, 1.807) is 0 Å². The van der Waals surface area contributed by atoms with E-state index in [1.807, 2.05) is 18.2 Å². The highest BCUT2D eigenvalue weighted by atomic mass is 16.5. The lowest BCUT2D eigenvalue weighted by Crippen LogP contribution is -2.39. The average Bonchev–Trinajstić information content (AvgIpc) is 2.62. The standard InChI is InChI=1S/C19H30N4O2/c20-19(21-9-4-10-23-11-13-24-14-12-23)22-15-16-5-1-2-8-18(16)25-17-6-3-7-17/h1-2,5,8,17H,3-4,6-7,9-15H2,(H3,20,21,22). The Bertz CT molecular complexity index is 554. The number of nitrogens with one attached hydrogen (secondary N) is 1. The van der Waals surface area contributed by atoms with E-state index in [0.717, 1.165) is 70.0 Å². The summed E-state index contributed by atoms with van der Waals surface area (Å²) in [4.78, 5) is 6.88. The Balaban J connectivity index is 1.38. The van der Waals surface area contributed by atoms with E-state index in [-0.39, 0.29) is 0 Å². The molecule has 1 aliphatic heterocycles. The van der Waals surface area contributed by atoms with Crippen molar-refractivity contribution in [2.45, 2.75) is 38.3 Å². The van der Waals surface area contributed by atoms with Gasteiger partial charge in [-0.1, -0.05) is 18.2 Å². The second-order valence-corrected chi connectivity index (χ2v) is 6.71. The first kappa shape index (κ1) is 18.0. The molecule has 6 nitrogen and oxygen atoms in total. The zero-order valence-corrected chi connectivity index (χ0v) is 15.0. The van der Waals surface area contributed by atoms with E-state index in [4.69, 9.17) is 15.2 Å². The van der Waals surface area contributed by atoms with Gasteiger partial charge in [0.2, 0.25) is 0 Å². The summed E-state index contributed by atoms with van der Waals surface area (Å²) in [7, 11) is 0. The summed E-state index contributed by atoms with van der Waals surface area (Å²) in [6.45, 7) is 6.21. The first-order valence-electron chi connectivity index (χ1n) is 9.40. The summed E-state index contributed by atoms with van der Waals surface area (Å²) in [5.41, 5.74) is 7.08. The molecule has 1 saturated heterocycles. The van der Waals surface area contributed by atoms with Crippen molar-refractivity contribution in [2.24, 2.45) is 10.7 Å². The van der Waals surface area contributed by atoms with Gasteiger partial charge in [0, 0.05) is 25.2 Å². The van der Waals surface area contributed by atoms with Gasteiger partial charge in [0.15, 0.2) is 5.96 Å². The van der Waals surface area contributed by atoms with Gasteiger partial charge in [0.05, 0.1) is 25.9 Å². The van der Waals surface area contributed by atoms with Crippen molar-refractivity contribution in [1.29, 1.82) is 0 Å². The fourth-order valence-electron chi connectivity index (χ4n) is 2.99. The third kappa shape index (κ3) is 5.90. The molecule has 0 amide bonds. The van der Waals surface area contributed by atoms with Gasteiger partial charge < -0.3 is 20.5 Å². The van der Waals surface area contributed by atoms with Gasteiger partial charge >= 0.3 is 0 Å². The minimum absolute atomic E-state index is 0.376. The number of rotatable bonds is 8. The molecule has 2 aliphatic rings. The van der Waals surface area contributed by atoms with Gasteiger partial charge in [-0.3, -0.25) is 4.90 Å². The van der Waals surface area contributed by atoms with Crippen LogP contribution in [0.4, 0.5) is 0 Å². The minimum atomic E-state index is 0.376. The fraction of sp³-hybridized carbons (Fsp3) is 0.632. The molecule has 0 aromatic heterocycles. The van der Waals surface area contributed by atoms with Crippen molar-refractivity contribution in [2.75, 3.05) is 39.4 Å². The number of guanidine groups is 1. The molecule has 3 N–H and O–H groups in total. The van der Waals surface area contributed by atoms with Gasteiger partial charge in [-0.05, 0) is 38.3 Å². The number of aliphatic imine (C=N–C) groups is 1. The quantitative estimate of drug-likeness (QED) is 0.426. The second-order valence-electron chi connectivity index (χ2n) is 6.71. The van der Waals surface area contributed by atoms with Gasteiger partial charge in [-0.15, -0.1) is 0 Å². The average molecular weight is 346 g/mol. The van der Waals surface area contributed by atoms with Crippen LogP contribution in [0.1, 0.15) is 31.2 Å². The maximum absolute atomic E-state index is 6.03. The number of nitrogens with two attached hydrogens (primary N) is 1. The summed E-state index contributed by atoms with van der Waals surface area (Å²) in [6, 6.07) is 8.11. The van der Waals surface area contributed by atoms with Crippen molar-refractivity contribution < 1.29 is 9.47 Å². The van der Waals surface area contributed by atoms with Crippen LogP contribution >= 0.6 is 0 Å². The molecule has 2 fully saturated rings. The number of hydrogen-bond donors (Lipinski definition) is 2. The molecule has 3 rings (SSSR count). The van der Waals surface area contributed by atoms with Crippen molar-refractivity contribution in [3.63, 3.8) is 0 Å². The number of benzene rings is 1. The van der Waals surface area contributed by atoms with E-state index >= 15 is 0 Å². The highest BCUT2D eigenvalue weighted by molar-refractivity contribution is 5.77. The number of para-hydroxylation sites is 1. The molecule has 1 saturated carbocycles. The highest BCUT2D eigenvalue weighted by Crippen LogP contribution is 2.27. The van der Waals surface area contributed by atoms with Gasteiger partial charge in [-0.2, -0.15) is 0 Å². The van der Waals surface area contributed by atoms with Gasteiger partial charge in [-0.25, -0.2) is 4.99 Å². The topological polar surface area (TPSA) is 72.1 Å². The minimum Gasteiger partial charge on any atom is -0.490 e. The number of ether oxygens (including phenoxy) is 2. The Labute approximate surface area is 150 Å². The lowest BCUT2D eigenvalue weighted by atomic mass is 9.96. The van der Waals surface area contributed by atoms with Crippen LogP contribution in [0.15, 0.2) is 29.3 Å². The van der Waals surface area contributed by atoms with Crippen LogP contribution < -0.4 is 15.8 Å². The van der Waals surface area contributed by atoms with Crippen LogP contribution in [0.25, 0.3) is 0 Å². The van der Waals surface area contributed by atoms with E-state index in [2.05, 4.69) is 21.3 Å². The molecule has 0 atom stereocenters. The maximum atomic E-state index is 6.03. The first-order valence-corrected chi connectivity index (χ1v) is 9.40.